The molecule has 1 aliphatic rings. The molecule has 3 aromatic carbocycles. The van der Waals surface area contributed by atoms with Gasteiger partial charge in [0.15, 0.2) is 5.65 Å². The Morgan fingerprint density at radius 3 is 2.50 bits per heavy atom. The Morgan fingerprint density at radius 2 is 1.75 bits per heavy atom. The molecule has 0 spiro atoms. The number of rotatable bonds is 6. The van der Waals surface area contributed by atoms with Gasteiger partial charge in [0.25, 0.3) is 5.91 Å². The lowest BCUT2D eigenvalue weighted by molar-refractivity contribution is 0.0536. The number of hydroxylamine groups is 1. The van der Waals surface area contributed by atoms with Gasteiger partial charge in [0.05, 0.1) is 12.5 Å². The van der Waals surface area contributed by atoms with Gasteiger partial charge in [-0.3, -0.25) is 14.4 Å². The van der Waals surface area contributed by atoms with Gasteiger partial charge in [-0.25, -0.2) is 10.5 Å². The molecule has 1 saturated heterocycles. The van der Waals surface area contributed by atoms with Crippen LogP contribution in [-0.2, 0) is 4.84 Å². The maximum atomic E-state index is 13.3. The molecule has 3 heterocycles. The second-order valence-corrected chi connectivity index (χ2v) is 10.2. The van der Waals surface area contributed by atoms with Gasteiger partial charge in [-0.05, 0) is 79.5 Å². The average Bonchev–Trinajstić information content (AvgIpc) is 2.98. The first-order chi connectivity index (χ1) is 19.5. The van der Waals surface area contributed by atoms with Crippen molar-refractivity contribution in [3.8, 4) is 5.69 Å². The van der Waals surface area contributed by atoms with E-state index in [4.69, 9.17) is 9.82 Å². The molecule has 40 heavy (non-hydrogen) atoms. The van der Waals surface area contributed by atoms with E-state index in [1.54, 1.807) is 4.57 Å². The molecule has 0 aliphatic carbocycles. The van der Waals surface area contributed by atoms with E-state index in [9.17, 15) is 9.59 Å². The third kappa shape index (κ3) is 5.04. The van der Waals surface area contributed by atoms with Crippen molar-refractivity contribution in [2.24, 2.45) is 0 Å². The highest BCUT2D eigenvalue weighted by molar-refractivity contribution is 5.97. The minimum Gasteiger partial charge on any atom is -0.324 e. The van der Waals surface area contributed by atoms with Gasteiger partial charge in [-0.2, -0.15) is 4.98 Å². The molecule has 0 atom stereocenters. The maximum absolute atomic E-state index is 13.3. The molecular formula is C31H30N6O3. The summed E-state index contributed by atoms with van der Waals surface area (Å²) in [5.74, 6) is 0.279. The van der Waals surface area contributed by atoms with Crippen molar-refractivity contribution in [3.63, 3.8) is 0 Å². The zero-order valence-electron chi connectivity index (χ0n) is 22.4. The molecule has 6 rings (SSSR count). The summed E-state index contributed by atoms with van der Waals surface area (Å²) < 4.78 is 1.74. The van der Waals surface area contributed by atoms with E-state index in [2.05, 4.69) is 39.9 Å². The van der Waals surface area contributed by atoms with Crippen molar-refractivity contribution >= 4 is 39.3 Å². The summed E-state index contributed by atoms with van der Waals surface area (Å²) in [6.07, 6.45) is 5.28. The summed E-state index contributed by atoms with van der Waals surface area (Å²) in [5.41, 5.74) is 5.02. The predicted octanol–water partition coefficient (Wildman–Crippen LogP) is 4.78. The Hall–Kier alpha value is -4.60. The lowest BCUT2D eigenvalue weighted by Gasteiger charge is -2.29. The van der Waals surface area contributed by atoms with Crippen LogP contribution in [-0.4, -0.2) is 52.6 Å². The smallest absolute Gasteiger partial charge is 0.280 e. The Labute approximate surface area is 231 Å². The Kier molecular flexibility index (Phi) is 6.98. The van der Waals surface area contributed by atoms with Gasteiger partial charge in [0.2, 0.25) is 11.4 Å². The molecule has 5 aromatic rings. The van der Waals surface area contributed by atoms with Gasteiger partial charge < -0.3 is 14.8 Å². The van der Waals surface area contributed by atoms with Crippen LogP contribution in [0, 0.1) is 0 Å². The summed E-state index contributed by atoms with van der Waals surface area (Å²) >= 11 is 0. The van der Waals surface area contributed by atoms with E-state index in [0.717, 1.165) is 48.1 Å². The van der Waals surface area contributed by atoms with Crippen LogP contribution < -0.4 is 16.2 Å². The number of nitrogens with zero attached hydrogens (tertiary/aromatic N) is 4. The number of fused-ring (bicyclic) bond motifs is 2. The van der Waals surface area contributed by atoms with Crippen molar-refractivity contribution in [3.05, 3.63) is 100 Å². The SMILES string of the molecule is CONC(=O)c1cn(-c2ccc3ccccc3c2)c2nc(Nc3ccc(C4CCN(C)CC4)cc3)ncc2c1=O. The highest BCUT2D eigenvalue weighted by Gasteiger charge is 2.20. The topological polar surface area (TPSA) is 101 Å². The van der Waals surface area contributed by atoms with E-state index >= 15 is 0 Å². The van der Waals surface area contributed by atoms with Gasteiger partial charge in [0.1, 0.15) is 5.56 Å². The fraction of sp³-hybridized carbons (Fsp3) is 0.226. The number of nitrogens with one attached hydrogen (secondary N) is 2. The number of piperidine rings is 1. The number of carbonyl (C=O) groups is 1. The quantitative estimate of drug-likeness (QED) is 0.303. The first kappa shape index (κ1) is 25.7. The first-order valence-electron chi connectivity index (χ1n) is 13.3. The van der Waals surface area contributed by atoms with Crippen LogP contribution in [0.15, 0.2) is 83.9 Å². The van der Waals surface area contributed by atoms with Crippen LogP contribution in [0.25, 0.3) is 27.5 Å². The van der Waals surface area contributed by atoms with Crippen molar-refractivity contribution in [1.29, 1.82) is 0 Å². The van der Waals surface area contributed by atoms with Crippen molar-refractivity contribution in [1.82, 2.24) is 24.9 Å². The summed E-state index contributed by atoms with van der Waals surface area (Å²) in [4.78, 5) is 42.2. The molecule has 9 heteroatoms. The van der Waals surface area contributed by atoms with Gasteiger partial charge >= 0.3 is 0 Å². The molecule has 2 aromatic heterocycles. The Morgan fingerprint density at radius 1 is 1.00 bits per heavy atom. The van der Waals surface area contributed by atoms with Gasteiger partial charge in [-0.15, -0.1) is 0 Å². The molecule has 202 valence electrons. The zero-order valence-corrected chi connectivity index (χ0v) is 22.4. The summed E-state index contributed by atoms with van der Waals surface area (Å²) in [5, 5.41) is 5.59. The molecule has 0 saturated carbocycles. The van der Waals surface area contributed by atoms with Crippen LogP contribution >= 0.6 is 0 Å². The number of benzene rings is 3. The van der Waals surface area contributed by atoms with Crippen molar-refractivity contribution in [2.45, 2.75) is 18.8 Å². The molecule has 0 unspecified atom stereocenters. The zero-order chi connectivity index (χ0) is 27.6. The number of amides is 1. The van der Waals surface area contributed by atoms with E-state index in [0.29, 0.717) is 17.5 Å². The number of carbonyl (C=O) groups excluding carboxylic acids is 1. The molecular weight excluding hydrogens is 504 g/mol. The number of likely N-dealkylation sites (tertiary alicyclic amines) is 1. The molecule has 0 bridgehead atoms. The van der Waals surface area contributed by atoms with E-state index in [1.165, 1.54) is 25.1 Å². The summed E-state index contributed by atoms with van der Waals surface area (Å²) in [6, 6.07) is 22.3. The van der Waals surface area contributed by atoms with Gasteiger partial charge in [-0.1, -0.05) is 42.5 Å². The standard InChI is InChI=1S/C31H30N6O3/c1-36-15-13-22(14-16-36)21-7-10-24(11-8-21)33-31-32-18-26-28(38)27(30(39)35-40-2)19-37(29(26)34-31)25-12-9-20-5-3-4-6-23(20)17-25/h3-12,17-19,22H,13-16H2,1-2H3,(H,35,39)(H,32,33,34). The predicted molar refractivity (Wildman–Crippen MR) is 156 cm³/mol. The summed E-state index contributed by atoms with van der Waals surface area (Å²) in [7, 11) is 3.49. The van der Waals surface area contributed by atoms with E-state index in [1.807, 2.05) is 54.6 Å². The lowest BCUT2D eigenvalue weighted by atomic mass is 9.89. The summed E-state index contributed by atoms with van der Waals surface area (Å²) in [6.45, 7) is 2.23. The highest BCUT2D eigenvalue weighted by Crippen LogP contribution is 2.29. The van der Waals surface area contributed by atoms with Crippen molar-refractivity contribution < 1.29 is 9.63 Å². The number of hydrogen-bond donors (Lipinski definition) is 2. The second kappa shape index (κ2) is 10.9. The molecule has 0 radical (unpaired) electrons. The minimum atomic E-state index is -0.643. The van der Waals surface area contributed by atoms with Crippen molar-refractivity contribution in [2.75, 3.05) is 32.6 Å². The number of hydrogen-bond acceptors (Lipinski definition) is 7. The third-order valence-electron chi connectivity index (χ3n) is 7.55. The molecule has 1 aliphatic heterocycles. The minimum absolute atomic E-state index is 0.0729. The fourth-order valence-electron chi connectivity index (χ4n) is 5.31. The molecule has 9 nitrogen and oxygen atoms in total. The van der Waals surface area contributed by atoms with Crippen LogP contribution in [0.2, 0.25) is 0 Å². The first-order valence-corrected chi connectivity index (χ1v) is 13.3. The van der Waals surface area contributed by atoms with Crippen LogP contribution in [0.5, 0.6) is 0 Å². The monoisotopic (exact) mass is 534 g/mol. The van der Waals surface area contributed by atoms with E-state index < -0.39 is 11.3 Å². The Balaban J connectivity index is 1.39. The molecule has 1 fully saturated rings. The molecule has 2 N–H and O–H groups in total. The maximum Gasteiger partial charge on any atom is 0.280 e. The number of aromatic nitrogens is 3. The fourth-order valence-corrected chi connectivity index (χ4v) is 5.31. The average molecular weight is 535 g/mol. The normalized spacial score (nSPS) is 14.4. The third-order valence-corrected chi connectivity index (χ3v) is 7.55. The van der Waals surface area contributed by atoms with E-state index in [-0.39, 0.29) is 10.9 Å². The molecule has 1 amide bonds. The van der Waals surface area contributed by atoms with Crippen LogP contribution in [0.4, 0.5) is 11.6 Å². The number of anilines is 2. The van der Waals surface area contributed by atoms with Crippen LogP contribution in [0.3, 0.4) is 0 Å². The number of pyridine rings is 1. The lowest BCUT2D eigenvalue weighted by Crippen LogP contribution is -2.29. The Bertz CT molecular complexity index is 1760. The van der Waals surface area contributed by atoms with Crippen LogP contribution in [0.1, 0.15) is 34.7 Å². The second-order valence-electron chi connectivity index (χ2n) is 10.2. The van der Waals surface area contributed by atoms with Gasteiger partial charge in [0, 0.05) is 23.8 Å². The highest BCUT2D eigenvalue weighted by atomic mass is 16.6. The largest absolute Gasteiger partial charge is 0.324 e.